The number of carbonyl (C=O) groups excluding carboxylic acids is 1. The van der Waals surface area contributed by atoms with E-state index in [1.165, 1.54) is 28.9 Å². The fourth-order valence-corrected chi connectivity index (χ4v) is 5.53. The van der Waals surface area contributed by atoms with Gasteiger partial charge in [-0.15, -0.1) is 5.10 Å². The summed E-state index contributed by atoms with van der Waals surface area (Å²) in [5, 5.41) is 4.10. The van der Waals surface area contributed by atoms with Crippen LogP contribution in [-0.4, -0.2) is 41.4 Å². The highest BCUT2D eigenvalue weighted by molar-refractivity contribution is 7.90. The van der Waals surface area contributed by atoms with E-state index in [4.69, 9.17) is 16.3 Å². The van der Waals surface area contributed by atoms with Crippen LogP contribution < -0.4 is 9.46 Å². The summed E-state index contributed by atoms with van der Waals surface area (Å²) in [5.74, 6) is -0.205. The van der Waals surface area contributed by atoms with Gasteiger partial charge in [-0.25, -0.2) is 27.2 Å². The van der Waals surface area contributed by atoms with Crippen LogP contribution in [-0.2, 0) is 10.0 Å². The lowest BCUT2D eigenvalue weighted by Gasteiger charge is -2.65. The third-order valence-corrected chi connectivity index (χ3v) is 7.40. The van der Waals surface area contributed by atoms with Gasteiger partial charge in [-0.1, -0.05) is 29.8 Å². The molecule has 0 aliphatic heterocycles. The Labute approximate surface area is 188 Å². The third-order valence-electron chi connectivity index (χ3n) is 5.76. The second-order valence-corrected chi connectivity index (χ2v) is 10.4. The van der Waals surface area contributed by atoms with Crippen LogP contribution in [0.5, 0.6) is 5.88 Å². The van der Waals surface area contributed by atoms with E-state index in [2.05, 4.69) is 10.1 Å². The second-order valence-electron chi connectivity index (χ2n) is 8.32. The Balaban J connectivity index is 1.26. The van der Waals surface area contributed by atoms with Gasteiger partial charge < -0.3 is 4.74 Å². The molecule has 166 valence electrons. The van der Waals surface area contributed by atoms with Crippen molar-refractivity contribution in [2.75, 3.05) is 6.61 Å². The van der Waals surface area contributed by atoms with Gasteiger partial charge in [-0.2, -0.15) is 0 Å². The van der Waals surface area contributed by atoms with Crippen molar-refractivity contribution in [1.29, 1.82) is 0 Å². The molecule has 6 rings (SSSR count). The first kappa shape index (κ1) is 20.9. The van der Waals surface area contributed by atoms with E-state index in [0.717, 1.165) is 0 Å². The van der Waals surface area contributed by atoms with Gasteiger partial charge in [0.25, 0.3) is 15.9 Å². The van der Waals surface area contributed by atoms with Gasteiger partial charge in [0.05, 0.1) is 17.1 Å². The number of rotatable bonds is 7. The van der Waals surface area contributed by atoms with Crippen molar-refractivity contribution >= 4 is 27.5 Å². The van der Waals surface area contributed by atoms with Crippen molar-refractivity contribution in [1.82, 2.24) is 19.5 Å². The first-order valence-corrected chi connectivity index (χ1v) is 11.7. The third kappa shape index (κ3) is 3.73. The topological polar surface area (TPSA) is 103 Å². The SMILES string of the molecule is O=C(NS(=O)(=O)c1ccccc1)c1ccc(-n2ccc(OCC34CC(F)(C3)C4)n2)nc1Cl. The van der Waals surface area contributed by atoms with Gasteiger partial charge in [0, 0.05) is 17.7 Å². The van der Waals surface area contributed by atoms with Crippen LogP contribution in [0.2, 0.25) is 5.15 Å². The number of halogens is 2. The number of amides is 1. The first-order valence-electron chi connectivity index (χ1n) is 9.84. The Kier molecular flexibility index (Phi) is 4.75. The molecule has 1 amide bonds. The number of ether oxygens (including phenoxy) is 1. The Morgan fingerprint density at radius 3 is 2.53 bits per heavy atom. The van der Waals surface area contributed by atoms with Crippen LogP contribution in [0, 0.1) is 5.41 Å². The Bertz CT molecular complexity index is 1290. The normalized spacial score (nSPS) is 23.7. The summed E-state index contributed by atoms with van der Waals surface area (Å²) in [6, 6.07) is 12.0. The predicted molar refractivity (Wildman–Crippen MR) is 113 cm³/mol. The number of benzene rings is 1. The molecule has 1 N–H and O–H groups in total. The summed E-state index contributed by atoms with van der Waals surface area (Å²) < 4.78 is 47.4. The average molecular weight is 477 g/mol. The van der Waals surface area contributed by atoms with Crippen molar-refractivity contribution in [2.45, 2.75) is 29.8 Å². The van der Waals surface area contributed by atoms with Gasteiger partial charge in [0.1, 0.15) is 10.8 Å². The molecule has 8 nitrogen and oxygen atoms in total. The zero-order chi connectivity index (χ0) is 22.6. The minimum Gasteiger partial charge on any atom is -0.476 e. The maximum Gasteiger partial charge on any atom is 0.268 e. The highest BCUT2D eigenvalue weighted by atomic mass is 35.5. The van der Waals surface area contributed by atoms with Crippen molar-refractivity contribution < 1.29 is 22.3 Å². The lowest BCUT2D eigenvalue weighted by atomic mass is 9.43. The number of aromatic nitrogens is 3. The summed E-state index contributed by atoms with van der Waals surface area (Å²) in [5.41, 5.74) is -1.13. The summed E-state index contributed by atoms with van der Waals surface area (Å²) >= 11 is 6.15. The zero-order valence-corrected chi connectivity index (χ0v) is 18.2. The molecule has 3 aliphatic rings. The maximum atomic E-state index is 13.6. The predicted octanol–water partition coefficient (Wildman–Crippen LogP) is 3.31. The maximum absolute atomic E-state index is 13.6. The summed E-state index contributed by atoms with van der Waals surface area (Å²) in [4.78, 5) is 16.6. The lowest BCUT2D eigenvalue weighted by molar-refractivity contribution is -0.226. The fourth-order valence-electron chi connectivity index (χ4n) is 4.31. The van der Waals surface area contributed by atoms with Crippen LogP contribution in [0.15, 0.2) is 59.6 Å². The zero-order valence-electron chi connectivity index (χ0n) is 16.7. The fraction of sp³-hybridized carbons (Fsp3) is 0.286. The molecule has 11 heteroatoms. The largest absolute Gasteiger partial charge is 0.476 e. The van der Waals surface area contributed by atoms with Gasteiger partial charge in [0.15, 0.2) is 5.82 Å². The number of carbonyl (C=O) groups is 1. The number of hydrogen-bond acceptors (Lipinski definition) is 6. The number of hydrogen-bond donors (Lipinski definition) is 1. The van der Waals surface area contributed by atoms with E-state index in [9.17, 15) is 17.6 Å². The molecular formula is C21H18ClFN4O4S. The van der Waals surface area contributed by atoms with E-state index in [0.29, 0.717) is 37.6 Å². The summed E-state index contributed by atoms with van der Waals surface area (Å²) in [7, 11) is -4.04. The molecule has 1 aromatic carbocycles. The van der Waals surface area contributed by atoms with Crippen molar-refractivity contribution in [3.8, 4) is 11.7 Å². The van der Waals surface area contributed by atoms with E-state index < -0.39 is 21.6 Å². The van der Waals surface area contributed by atoms with E-state index in [-0.39, 0.29) is 21.0 Å². The van der Waals surface area contributed by atoms with Crippen molar-refractivity contribution in [2.24, 2.45) is 5.41 Å². The van der Waals surface area contributed by atoms with Gasteiger partial charge in [0.2, 0.25) is 5.88 Å². The Morgan fingerprint density at radius 1 is 1.16 bits per heavy atom. The second kappa shape index (κ2) is 7.28. The molecule has 32 heavy (non-hydrogen) atoms. The molecule has 0 unspecified atom stereocenters. The number of sulfonamides is 1. The van der Waals surface area contributed by atoms with E-state index >= 15 is 0 Å². The minimum absolute atomic E-state index is 0.0429. The van der Waals surface area contributed by atoms with Crippen LogP contribution in [0.3, 0.4) is 0 Å². The number of alkyl halides is 1. The molecule has 0 spiro atoms. The molecule has 0 saturated heterocycles. The molecule has 2 heterocycles. The monoisotopic (exact) mass is 476 g/mol. The van der Waals surface area contributed by atoms with Crippen LogP contribution >= 0.6 is 11.6 Å². The molecule has 3 aliphatic carbocycles. The van der Waals surface area contributed by atoms with E-state index in [1.54, 1.807) is 30.5 Å². The standard InChI is InChI=1S/C21H18ClFN4O4S/c22-18-15(19(28)26-32(29,30)14-4-2-1-3-5-14)6-7-16(24-18)27-9-8-17(25-27)31-13-20-10-21(23,11-20)12-20/h1-9H,10-13H2,(H,26,28). The summed E-state index contributed by atoms with van der Waals surface area (Å²) in [6.07, 6.45) is 3.25. The molecular weight excluding hydrogens is 459 g/mol. The van der Waals surface area contributed by atoms with Crippen LogP contribution in [0.1, 0.15) is 29.6 Å². The van der Waals surface area contributed by atoms with Crippen LogP contribution in [0.25, 0.3) is 5.82 Å². The molecule has 3 saturated carbocycles. The quantitative estimate of drug-likeness (QED) is 0.525. The van der Waals surface area contributed by atoms with Gasteiger partial charge in [-0.3, -0.25) is 4.79 Å². The molecule has 0 atom stereocenters. The highest BCUT2D eigenvalue weighted by Crippen LogP contribution is 2.69. The molecule has 2 bridgehead atoms. The number of pyridine rings is 1. The van der Waals surface area contributed by atoms with Crippen molar-refractivity contribution in [3.05, 3.63) is 65.4 Å². The van der Waals surface area contributed by atoms with Crippen LogP contribution in [0.4, 0.5) is 4.39 Å². The smallest absolute Gasteiger partial charge is 0.268 e. The molecule has 3 aromatic rings. The molecule has 0 radical (unpaired) electrons. The minimum atomic E-state index is -4.04. The average Bonchev–Trinajstić information content (AvgIpc) is 3.19. The summed E-state index contributed by atoms with van der Waals surface area (Å²) in [6.45, 7) is 0.416. The Hall–Kier alpha value is -2.98. The first-order chi connectivity index (χ1) is 15.2. The molecule has 2 aromatic heterocycles. The number of nitrogens with one attached hydrogen (secondary N) is 1. The Morgan fingerprint density at radius 2 is 1.88 bits per heavy atom. The number of nitrogens with zero attached hydrogens (tertiary/aromatic N) is 3. The van der Waals surface area contributed by atoms with E-state index in [1.807, 2.05) is 4.72 Å². The van der Waals surface area contributed by atoms with Gasteiger partial charge >= 0.3 is 0 Å². The van der Waals surface area contributed by atoms with Crippen molar-refractivity contribution in [3.63, 3.8) is 0 Å². The van der Waals surface area contributed by atoms with Gasteiger partial charge in [-0.05, 0) is 43.5 Å². The highest BCUT2D eigenvalue weighted by Gasteiger charge is 2.69. The lowest BCUT2D eigenvalue weighted by Crippen LogP contribution is -2.66. The molecule has 3 fully saturated rings.